The van der Waals surface area contributed by atoms with Gasteiger partial charge in [0.1, 0.15) is 0 Å². The van der Waals surface area contributed by atoms with Crippen LogP contribution in [-0.4, -0.2) is 44.4 Å². The Bertz CT molecular complexity index is 859. The van der Waals surface area contributed by atoms with Gasteiger partial charge in [0.15, 0.2) is 17.3 Å². The molecule has 0 saturated carbocycles. The molecule has 1 aliphatic rings. The number of carbonyl (C=O) groups excluding carboxylic acids is 2. The molecule has 0 aliphatic carbocycles. The fraction of sp³-hybridized carbons (Fsp3) is 0.438. The number of nitrogens with one attached hydrogen (secondary N) is 1. The summed E-state index contributed by atoms with van der Waals surface area (Å²) in [5, 5.41) is 14.9. The fourth-order valence-corrected chi connectivity index (χ4v) is 3.20. The Morgan fingerprint density at radius 3 is 2.62 bits per heavy atom. The molecule has 0 radical (unpaired) electrons. The largest absolute Gasteiger partial charge is 0.454 e. The minimum Gasteiger partial charge on any atom is -0.454 e. The lowest BCUT2D eigenvalue weighted by Gasteiger charge is -2.19. The minimum atomic E-state index is -0.290. The van der Waals surface area contributed by atoms with Crippen LogP contribution in [0.5, 0.6) is 11.5 Å². The first-order valence-corrected chi connectivity index (χ1v) is 8.90. The van der Waals surface area contributed by atoms with Crippen molar-refractivity contribution in [2.45, 2.75) is 38.4 Å². The van der Waals surface area contributed by atoms with E-state index in [0.29, 0.717) is 27.9 Å². The van der Waals surface area contributed by atoms with Gasteiger partial charge >= 0.3 is 0 Å². The van der Waals surface area contributed by atoms with E-state index in [-0.39, 0.29) is 29.8 Å². The zero-order chi connectivity index (χ0) is 18.9. The van der Waals surface area contributed by atoms with Crippen molar-refractivity contribution in [3.63, 3.8) is 0 Å². The van der Waals surface area contributed by atoms with Gasteiger partial charge in [0.2, 0.25) is 17.9 Å². The van der Waals surface area contributed by atoms with Crippen molar-refractivity contribution in [1.29, 1.82) is 0 Å². The Hall–Kier alpha value is -2.62. The lowest BCUT2D eigenvalue weighted by atomic mass is 10.1. The minimum absolute atomic E-state index is 0.0927. The third-order valence-electron chi connectivity index (χ3n) is 3.57. The van der Waals surface area contributed by atoms with Gasteiger partial charge in [-0.2, -0.15) is 0 Å². The molecule has 0 bridgehead atoms. The summed E-state index contributed by atoms with van der Waals surface area (Å²) >= 11 is 1.22. The van der Waals surface area contributed by atoms with Crippen LogP contribution >= 0.6 is 11.8 Å². The Balaban J connectivity index is 1.71. The summed E-state index contributed by atoms with van der Waals surface area (Å²) in [4.78, 5) is 24.2. The summed E-state index contributed by atoms with van der Waals surface area (Å²) in [5.41, 5.74) is 0.469. The number of ether oxygens (including phenoxy) is 2. The highest BCUT2D eigenvalue weighted by molar-refractivity contribution is 7.99. The molecule has 0 saturated heterocycles. The van der Waals surface area contributed by atoms with Crippen molar-refractivity contribution >= 4 is 29.1 Å². The third-order valence-corrected chi connectivity index (χ3v) is 4.49. The van der Waals surface area contributed by atoms with E-state index < -0.39 is 0 Å². The SMILES string of the molecule is CC(=O)c1cc2c(cc1NC(=O)CSc1nnnn1C(C)(C)C)OCO2. The van der Waals surface area contributed by atoms with Crippen LogP contribution in [0.15, 0.2) is 17.3 Å². The number of hydrogen-bond donors (Lipinski definition) is 1. The number of anilines is 1. The lowest BCUT2D eigenvalue weighted by molar-refractivity contribution is -0.113. The molecule has 0 spiro atoms. The summed E-state index contributed by atoms with van der Waals surface area (Å²) in [7, 11) is 0. The summed E-state index contributed by atoms with van der Waals surface area (Å²) in [5.74, 6) is 0.631. The number of ketones is 1. The highest BCUT2D eigenvalue weighted by Crippen LogP contribution is 2.37. The summed E-state index contributed by atoms with van der Waals surface area (Å²) < 4.78 is 12.2. The van der Waals surface area contributed by atoms with E-state index >= 15 is 0 Å². The Kier molecular flexibility index (Phi) is 4.86. The first-order chi connectivity index (χ1) is 12.3. The molecule has 0 fully saturated rings. The van der Waals surface area contributed by atoms with Gasteiger partial charge in [-0.1, -0.05) is 11.8 Å². The van der Waals surface area contributed by atoms with Crippen LogP contribution in [0.1, 0.15) is 38.1 Å². The second kappa shape index (κ2) is 6.94. The second-order valence-electron chi connectivity index (χ2n) is 6.69. The van der Waals surface area contributed by atoms with E-state index in [2.05, 4.69) is 20.8 Å². The maximum Gasteiger partial charge on any atom is 0.234 e. The molecule has 1 aromatic carbocycles. The van der Waals surface area contributed by atoms with Gasteiger partial charge in [0.05, 0.1) is 17.0 Å². The fourth-order valence-electron chi connectivity index (χ4n) is 2.34. The average Bonchev–Trinajstić information content (AvgIpc) is 3.20. The standard InChI is InChI=1S/C16H19N5O4S/c1-9(22)10-5-12-13(25-8-24-12)6-11(10)17-14(23)7-26-15-18-19-20-21(15)16(2,3)4/h5-6H,7-8H2,1-4H3,(H,17,23). The van der Waals surface area contributed by atoms with Gasteiger partial charge in [-0.05, 0) is 44.2 Å². The second-order valence-corrected chi connectivity index (χ2v) is 7.63. The number of aromatic nitrogens is 4. The smallest absolute Gasteiger partial charge is 0.234 e. The van der Waals surface area contributed by atoms with Crippen molar-refractivity contribution in [1.82, 2.24) is 20.2 Å². The number of nitrogens with zero attached hydrogens (tertiary/aromatic N) is 4. The molecule has 0 unspecified atom stereocenters. The maximum absolute atomic E-state index is 12.4. The highest BCUT2D eigenvalue weighted by atomic mass is 32.2. The number of hydrogen-bond acceptors (Lipinski definition) is 8. The van der Waals surface area contributed by atoms with Gasteiger partial charge in [0, 0.05) is 11.6 Å². The molecule has 1 aliphatic heterocycles. The lowest BCUT2D eigenvalue weighted by Crippen LogP contribution is -2.24. The third kappa shape index (κ3) is 3.79. The van der Waals surface area contributed by atoms with Crippen molar-refractivity contribution in [3.8, 4) is 11.5 Å². The predicted octanol–water partition coefficient (Wildman–Crippen LogP) is 2.09. The van der Waals surface area contributed by atoms with E-state index in [1.807, 2.05) is 20.8 Å². The van der Waals surface area contributed by atoms with Gasteiger partial charge in [0.25, 0.3) is 0 Å². The van der Waals surface area contributed by atoms with Crippen molar-refractivity contribution < 1.29 is 19.1 Å². The van der Waals surface area contributed by atoms with E-state index in [0.717, 1.165) is 0 Å². The van der Waals surface area contributed by atoms with Gasteiger partial charge in [-0.15, -0.1) is 5.10 Å². The number of rotatable bonds is 5. The van der Waals surface area contributed by atoms with Crippen LogP contribution in [0.2, 0.25) is 0 Å². The van der Waals surface area contributed by atoms with E-state index in [9.17, 15) is 9.59 Å². The molecular weight excluding hydrogens is 358 g/mol. The predicted molar refractivity (Wildman–Crippen MR) is 94.7 cm³/mol. The normalized spacial score (nSPS) is 12.9. The van der Waals surface area contributed by atoms with Crippen LogP contribution in [0.3, 0.4) is 0 Å². The first kappa shape index (κ1) is 18.2. The Labute approximate surface area is 154 Å². The molecule has 2 aromatic rings. The van der Waals surface area contributed by atoms with Crippen LogP contribution in [0.25, 0.3) is 0 Å². The number of carbonyl (C=O) groups is 2. The van der Waals surface area contributed by atoms with Crippen LogP contribution in [0.4, 0.5) is 5.69 Å². The number of tetrazole rings is 1. The summed E-state index contributed by atoms with van der Waals surface area (Å²) in [6.07, 6.45) is 0. The molecule has 1 aromatic heterocycles. The molecule has 9 nitrogen and oxygen atoms in total. The molecule has 138 valence electrons. The quantitative estimate of drug-likeness (QED) is 0.623. The molecule has 1 amide bonds. The maximum atomic E-state index is 12.4. The van der Waals surface area contributed by atoms with Gasteiger partial charge in [-0.25, -0.2) is 4.68 Å². The molecule has 10 heteroatoms. The number of fused-ring (bicyclic) bond motifs is 1. The molecular formula is C16H19N5O4S. The molecule has 26 heavy (non-hydrogen) atoms. The van der Waals surface area contributed by atoms with Gasteiger partial charge < -0.3 is 14.8 Å². The number of thioether (sulfide) groups is 1. The van der Waals surface area contributed by atoms with E-state index in [1.54, 1.807) is 16.8 Å². The number of Topliss-reactive ketones (excluding diaryl/α,β-unsaturated/α-hetero) is 1. The van der Waals surface area contributed by atoms with Crippen LogP contribution in [-0.2, 0) is 10.3 Å². The summed E-state index contributed by atoms with van der Waals surface area (Å²) in [6, 6.07) is 3.18. The Morgan fingerprint density at radius 1 is 1.27 bits per heavy atom. The first-order valence-electron chi connectivity index (χ1n) is 7.92. The van der Waals surface area contributed by atoms with Crippen molar-refractivity contribution in [2.75, 3.05) is 17.9 Å². The van der Waals surface area contributed by atoms with E-state index in [1.165, 1.54) is 18.7 Å². The average molecular weight is 377 g/mol. The van der Waals surface area contributed by atoms with Crippen LogP contribution < -0.4 is 14.8 Å². The molecule has 0 atom stereocenters. The zero-order valence-electron chi connectivity index (χ0n) is 14.9. The summed E-state index contributed by atoms with van der Waals surface area (Å²) in [6.45, 7) is 7.44. The molecule has 1 N–H and O–H groups in total. The molecule has 2 heterocycles. The van der Waals surface area contributed by atoms with Crippen LogP contribution in [0, 0.1) is 0 Å². The number of benzene rings is 1. The Morgan fingerprint density at radius 2 is 1.96 bits per heavy atom. The monoisotopic (exact) mass is 377 g/mol. The van der Waals surface area contributed by atoms with Crippen molar-refractivity contribution in [3.05, 3.63) is 17.7 Å². The van der Waals surface area contributed by atoms with Crippen molar-refractivity contribution in [2.24, 2.45) is 0 Å². The molecule has 3 rings (SSSR count). The van der Waals surface area contributed by atoms with E-state index in [4.69, 9.17) is 9.47 Å². The highest BCUT2D eigenvalue weighted by Gasteiger charge is 2.22. The zero-order valence-corrected chi connectivity index (χ0v) is 15.7. The number of amides is 1. The topological polar surface area (TPSA) is 108 Å². The van der Waals surface area contributed by atoms with Gasteiger partial charge in [-0.3, -0.25) is 9.59 Å².